The van der Waals surface area contributed by atoms with Gasteiger partial charge in [-0.1, -0.05) is 12.1 Å². The second kappa shape index (κ2) is 6.99. The van der Waals surface area contributed by atoms with Crippen LogP contribution in [0, 0.1) is 5.82 Å². The van der Waals surface area contributed by atoms with E-state index in [4.69, 9.17) is 4.74 Å². The molecule has 0 aliphatic rings. The van der Waals surface area contributed by atoms with Crippen molar-refractivity contribution in [3.63, 3.8) is 0 Å². The van der Waals surface area contributed by atoms with Gasteiger partial charge in [0, 0.05) is 0 Å². The number of rotatable bonds is 5. The van der Waals surface area contributed by atoms with Gasteiger partial charge in [-0.2, -0.15) is 13.2 Å². The van der Waals surface area contributed by atoms with E-state index in [0.717, 1.165) is 18.2 Å². The maximum absolute atomic E-state index is 12.8. The summed E-state index contributed by atoms with van der Waals surface area (Å²) in [6.45, 7) is -0.438. The first-order valence-electron chi connectivity index (χ1n) is 6.46. The molecule has 0 aliphatic carbocycles. The van der Waals surface area contributed by atoms with Crippen LogP contribution in [0.1, 0.15) is 5.56 Å². The largest absolute Gasteiger partial charge is 0.484 e. The second-order valence-electron chi connectivity index (χ2n) is 4.46. The van der Waals surface area contributed by atoms with Gasteiger partial charge < -0.3 is 4.74 Å². The Hall–Kier alpha value is -2.77. The van der Waals surface area contributed by atoms with Gasteiger partial charge in [-0.15, -0.1) is 0 Å². The number of carbonyl (C=O) groups excluding carboxylic acids is 1. The SMILES string of the molecule is O=C(COc1ccc(F)cc1)NNc1ccccc1C(F)(F)F. The van der Waals surface area contributed by atoms with E-state index in [9.17, 15) is 22.4 Å². The van der Waals surface area contributed by atoms with Crippen molar-refractivity contribution in [1.29, 1.82) is 0 Å². The van der Waals surface area contributed by atoms with Crippen LogP contribution >= 0.6 is 0 Å². The number of hydrogen-bond donors (Lipinski definition) is 2. The summed E-state index contributed by atoms with van der Waals surface area (Å²) >= 11 is 0. The van der Waals surface area contributed by atoms with Crippen molar-refractivity contribution >= 4 is 11.6 Å². The third-order valence-corrected chi connectivity index (χ3v) is 2.75. The fourth-order valence-electron chi connectivity index (χ4n) is 1.69. The van der Waals surface area contributed by atoms with E-state index in [1.54, 1.807) is 0 Å². The predicted octanol–water partition coefficient (Wildman–Crippen LogP) is 3.37. The first-order chi connectivity index (χ1) is 10.9. The first-order valence-corrected chi connectivity index (χ1v) is 6.46. The zero-order valence-corrected chi connectivity index (χ0v) is 11.7. The summed E-state index contributed by atoms with van der Waals surface area (Å²) in [6, 6.07) is 9.69. The Bertz CT molecular complexity index is 672. The topological polar surface area (TPSA) is 50.4 Å². The molecule has 2 aromatic carbocycles. The van der Waals surface area contributed by atoms with Gasteiger partial charge in [0.25, 0.3) is 5.91 Å². The Morgan fingerprint density at radius 1 is 1.04 bits per heavy atom. The molecule has 2 aromatic rings. The molecule has 0 saturated heterocycles. The second-order valence-corrected chi connectivity index (χ2v) is 4.46. The monoisotopic (exact) mass is 328 g/mol. The van der Waals surface area contributed by atoms with Crippen LogP contribution in [0.3, 0.4) is 0 Å². The Morgan fingerprint density at radius 2 is 1.70 bits per heavy atom. The van der Waals surface area contributed by atoms with Gasteiger partial charge in [0.15, 0.2) is 6.61 Å². The third kappa shape index (κ3) is 4.87. The highest BCUT2D eigenvalue weighted by Crippen LogP contribution is 2.34. The number of amides is 1. The molecule has 8 heteroatoms. The van der Waals surface area contributed by atoms with E-state index in [0.29, 0.717) is 0 Å². The van der Waals surface area contributed by atoms with Crippen molar-refractivity contribution in [3.8, 4) is 5.75 Å². The van der Waals surface area contributed by atoms with Gasteiger partial charge in [0.1, 0.15) is 11.6 Å². The molecule has 4 nitrogen and oxygen atoms in total. The molecule has 0 aliphatic heterocycles. The minimum Gasteiger partial charge on any atom is -0.484 e. The number of carbonyl (C=O) groups is 1. The van der Waals surface area contributed by atoms with Gasteiger partial charge in [-0.3, -0.25) is 15.6 Å². The van der Waals surface area contributed by atoms with Gasteiger partial charge >= 0.3 is 6.18 Å². The third-order valence-electron chi connectivity index (χ3n) is 2.75. The molecule has 122 valence electrons. The smallest absolute Gasteiger partial charge is 0.418 e. The Labute approximate surface area is 129 Å². The summed E-state index contributed by atoms with van der Waals surface area (Å²) in [6.07, 6.45) is -4.54. The zero-order chi connectivity index (χ0) is 16.9. The summed E-state index contributed by atoms with van der Waals surface area (Å²) in [5.41, 5.74) is 3.13. The minimum absolute atomic E-state index is 0.261. The number of anilines is 1. The summed E-state index contributed by atoms with van der Waals surface area (Å²) in [4.78, 5) is 11.6. The average Bonchev–Trinajstić information content (AvgIpc) is 2.52. The van der Waals surface area contributed by atoms with Crippen molar-refractivity contribution in [2.75, 3.05) is 12.0 Å². The van der Waals surface area contributed by atoms with Crippen LogP contribution in [0.2, 0.25) is 0 Å². The number of ether oxygens (including phenoxy) is 1. The highest BCUT2D eigenvalue weighted by Gasteiger charge is 2.33. The standard InChI is InChI=1S/C15H12F4N2O2/c16-10-5-7-11(8-6-10)23-9-14(22)21-20-13-4-2-1-3-12(13)15(17,18)19/h1-8,20H,9H2,(H,21,22). The normalized spacial score (nSPS) is 11.0. The van der Waals surface area contributed by atoms with Crippen molar-refractivity contribution in [3.05, 3.63) is 59.9 Å². The van der Waals surface area contributed by atoms with Crippen LogP contribution in [-0.4, -0.2) is 12.5 Å². The number of alkyl halides is 3. The maximum atomic E-state index is 12.8. The molecule has 0 aromatic heterocycles. The summed E-state index contributed by atoms with van der Waals surface area (Å²) < 4.78 is 56.1. The van der Waals surface area contributed by atoms with Crippen LogP contribution in [0.4, 0.5) is 23.2 Å². The number of para-hydroxylation sites is 1. The van der Waals surface area contributed by atoms with E-state index >= 15 is 0 Å². The molecule has 23 heavy (non-hydrogen) atoms. The van der Waals surface area contributed by atoms with Crippen LogP contribution in [0.15, 0.2) is 48.5 Å². The molecule has 0 bridgehead atoms. The van der Waals surface area contributed by atoms with Gasteiger partial charge in [-0.25, -0.2) is 4.39 Å². The molecule has 0 radical (unpaired) electrons. The van der Waals surface area contributed by atoms with Crippen molar-refractivity contribution in [2.24, 2.45) is 0 Å². The van der Waals surface area contributed by atoms with Crippen molar-refractivity contribution < 1.29 is 27.1 Å². The van der Waals surface area contributed by atoms with Crippen LogP contribution in [0.25, 0.3) is 0 Å². The fraction of sp³-hybridized carbons (Fsp3) is 0.133. The van der Waals surface area contributed by atoms with E-state index in [2.05, 4.69) is 10.9 Å². The summed E-state index contributed by atoms with van der Waals surface area (Å²) in [5, 5.41) is 0. The molecule has 0 unspecified atom stereocenters. The van der Waals surface area contributed by atoms with Crippen molar-refractivity contribution in [1.82, 2.24) is 5.43 Å². The Balaban J connectivity index is 1.89. The van der Waals surface area contributed by atoms with Crippen LogP contribution in [0.5, 0.6) is 5.75 Å². The zero-order valence-electron chi connectivity index (χ0n) is 11.7. The van der Waals surface area contributed by atoms with E-state index in [1.807, 2.05) is 0 Å². The van der Waals surface area contributed by atoms with Crippen LogP contribution < -0.4 is 15.6 Å². The molecule has 0 saturated carbocycles. The fourth-order valence-corrected chi connectivity index (χ4v) is 1.69. The molecular formula is C15H12F4N2O2. The minimum atomic E-state index is -4.54. The maximum Gasteiger partial charge on any atom is 0.418 e. The summed E-state index contributed by atoms with van der Waals surface area (Å²) in [5.74, 6) is -0.879. The predicted molar refractivity (Wildman–Crippen MR) is 75.1 cm³/mol. The molecule has 0 atom stereocenters. The number of hydrogen-bond acceptors (Lipinski definition) is 3. The highest BCUT2D eigenvalue weighted by atomic mass is 19.4. The quantitative estimate of drug-likeness (QED) is 0.654. The molecular weight excluding hydrogens is 316 g/mol. The Morgan fingerprint density at radius 3 is 2.35 bits per heavy atom. The van der Waals surface area contributed by atoms with Crippen molar-refractivity contribution in [2.45, 2.75) is 6.18 Å². The lowest BCUT2D eigenvalue weighted by atomic mass is 10.2. The van der Waals surface area contributed by atoms with Crippen LogP contribution in [-0.2, 0) is 11.0 Å². The molecule has 0 spiro atoms. The number of benzene rings is 2. The number of halogens is 4. The number of nitrogens with one attached hydrogen (secondary N) is 2. The lowest BCUT2D eigenvalue weighted by Gasteiger charge is -2.15. The lowest BCUT2D eigenvalue weighted by Crippen LogP contribution is -2.34. The van der Waals surface area contributed by atoms with E-state index in [-0.39, 0.29) is 11.4 Å². The number of hydrazine groups is 1. The molecule has 2 N–H and O–H groups in total. The van der Waals surface area contributed by atoms with Gasteiger partial charge in [0.05, 0.1) is 11.3 Å². The molecule has 0 fully saturated rings. The van der Waals surface area contributed by atoms with Gasteiger partial charge in [-0.05, 0) is 36.4 Å². The molecule has 1 amide bonds. The summed E-state index contributed by atoms with van der Waals surface area (Å²) in [7, 11) is 0. The van der Waals surface area contributed by atoms with E-state index in [1.165, 1.54) is 30.3 Å². The molecule has 2 rings (SSSR count). The highest BCUT2D eigenvalue weighted by molar-refractivity contribution is 5.79. The molecule has 0 heterocycles. The average molecular weight is 328 g/mol. The Kier molecular flexibility index (Phi) is 5.05. The lowest BCUT2D eigenvalue weighted by molar-refractivity contribution is -0.137. The van der Waals surface area contributed by atoms with E-state index < -0.39 is 30.1 Å². The first kappa shape index (κ1) is 16.6. The van der Waals surface area contributed by atoms with Gasteiger partial charge in [0.2, 0.25) is 0 Å².